The first-order valence-electron chi connectivity index (χ1n) is 7.69. The molecule has 0 radical (unpaired) electrons. The van der Waals surface area contributed by atoms with Gasteiger partial charge in [-0.15, -0.1) is 0 Å². The van der Waals surface area contributed by atoms with E-state index < -0.39 is 35.7 Å². The number of urea groups is 1. The van der Waals surface area contributed by atoms with Crippen molar-refractivity contribution in [3.63, 3.8) is 0 Å². The van der Waals surface area contributed by atoms with Gasteiger partial charge in [0.15, 0.2) is 0 Å². The Bertz CT molecular complexity index is 625. The quantitative estimate of drug-likeness (QED) is 0.795. The Morgan fingerprint density at radius 2 is 1.96 bits per heavy atom. The molecule has 3 aliphatic carbocycles. The van der Waals surface area contributed by atoms with Crippen molar-refractivity contribution in [1.29, 1.82) is 0 Å². The molecule has 2 amide bonds. The molecule has 1 atom stereocenters. The number of alkyl halides is 5. The minimum Gasteiger partial charge on any atom is -0.334 e. The van der Waals surface area contributed by atoms with Crippen molar-refractivity contribution in [3.8, 4) is 0 Å². The highest BCUT2D eigenvalue weighted by molar-refractivity contribution is 5.75. The second-order valence-corrected chi connectivity index (χ2v) is 6.66. The first kappa shape index (κ1) is 17.0. The molecule has 3 nitrogen and oxygen atoms in total. The molecule has 2 N–H and O–H groups in total. The van der Waals surface area contributed by atoms with Crippen molar-refractivity contribution in [3.05, 3.63) is 35.4 Å². The van der Waals surface area contributed by atoms with Gasteiger partial charge in [0, 0.05) is 18.0 Å². The summed E-state index contributed by atoms with van der Waals surface area (Å²) < 4.78 is 63.5. The predicted octanol–water partition coefficient (Wildman–Crippen LogP) is 3.94. The largest absolute Gasteiger partial charge is 0.416 e. The van der Waals surface area contributed by atoms with Crippen LogP contribution in [0.25, 0.3) is 0 Å². The van der Waals surface area contributed by atoms with Crippen LogP contribution in [-0.4, -0.2) is 18.0 Å². The summed E-state index contributed by atoms with van der Waals surface area (Å²) in [6, 6.07) is 4.15. The molecule has 8 heteroatoms. The van der Waals surface area contributed by atoms with E-state index in [1.807, 2.05) is 0 Å². The fourth-order valence-corrected chi connectivity index (χ4v) is 3.80. The van der Waals surface area contributed by atoms with E-state index in [0.717, 1.165) is 12.1 Å². The Kier molecular flexibility index (Phi) is 4.17. The maximum atomic E-state index is 12.8. The monoisotopic (exact) mass is 348 g/mol. The van der Waals surface area contributed by atoms with E-state index in [0.29, 0.717) is 18.4 Å². The number of amides is 2. The van der Waals surface area contributed by atoms with Crippen molar-refractivity contribution >= 4 is 6.03 Å². The second kappa shape index (κ2) is 5.89. The molecule has 0 aromatic heterocycles. The number of nitrogens with one attached hydrogen (secondary N) is 2. The summed E-state index contributed by atoms with van der Waals surface area (Å²) in [7, 11) is 0. The van der Waals surface area contributed by atoms with Gasteiger partial charge >= 0.3 is 12.2 Å². The molecule has 1 aromatic rings. The van der Waals surface area contributed by atoms with Gasteiger partial charge < -0.3 is 10.6 Å². The van der Waals surface area contributed by atoms with Crippen LogP contribution in [0.3, 0.4) is 0 Å². The lowest BCUT2D eigenvalue weighted by Gasteiger charge is -2.39. The molecule has 24 heavy (non-hydrogen) atoms. The maximum absolute atomic E-state index is 12.8. The van der Waals surface area contributed by atoms with Crippen molar-refractivity contribution in [1.82, 2.24) is 10.6 Å². The summed E-state index contributed by atoms with van der Waals surface area (Å²) in [6.07, 6.45) is -5.48. The van der Waals surface area contributed by atoms with E-state index in [4.69, 9.17) is 0 Å². The van der Waals surface area contributed by atoms with E-state index >= 15 is 0 Å². The predicted molar refractivity (Wildman–Crippen MR) is 76.4 cm³/mol. The Morgan fingerprint density at radius 3 is 2.54 bits per heavy atom. The lowest BCUT2D eigenvalue weighted by atomic mass is 9.76. The van der Waals surface area contributed by atoms with E-state index in [2.05, 4.69) is 10.6 Å². The number of carbonyl (C=O) groups is 1. The number of hydrogen-bond acceptors (Lipinski definition) is 1. The van der Waals surface area contributed by atoms with E-state index in [-0.39, 0.29) is 18.9 Å². The van der Waals surface area contributed by atoms with Gasteiger partial charge in [0.1, 0.15) is 0 Å². The van der Waals surface area contributed by atoms with Crippen LogP contribution >= 0.6 is 0 Å². The highest BCUT2D eigenvalue weighted by atomic mass is 19.4. The van der Waals surface area contributed by atoms with Crippen LogP contribution in [0.4, 0.5) is 26.7 Å². The van der Waals surface area contributed by atoms with Crippen molar-refractivity contribution in [2.75, 3.05) is 0 Å². The molecule has 1 unspecified atom stereocenters. The third-order valence-corrected chi connectivity index (χ3v) is 4.95. The van der Waals surface area contributed by atoms with Gasteiger partial charge in [0.2, 0.25) is 6.43 Å². The summed E-state index contributed by atoms with van der Waals surface area (Å²) in [5.74, 6) is -0.720. The van der Waals surface area contributed by atoms with Gasteiger partial charge in [-0.1, -0.05) is 12.1 Å². The van der Waals surface area contributed by atoms with Gasteiger partial charge in [-0.25, -0.2) is 13.6 Å². The number of hydrogen-bond donors (Lipinski definition) is 2. The average Bonchev–Trinajstić information content (AvgIpc) is 3.00. The van der Waals surface area contributed by atoms with Crippen molar-refractivity contribution in [2.45, 2.75) is 43.9 Å². The van der Waals surface area contributed by atoms with E-state index in [1.165, 1.54) is 12.1 Å². The fourth-order valence-electron chi connectivity index (χ4n) is 3.80. The van der Waals surface area contributed by atoms with Gasteiger partial charge in [-0.3, -0.25) is 0 Å². The standard InChI is InChI=1S/C16H17F5N2O/c17-13(18)12-7-15(5-10(12)6-15)23-14(24)22-8-9-2-1-3-11(4-9)16(19,20)21/h1-4,10,12-13H,5-8H2,(H2,22,23,24). The summed E-state index contributed by atoms with van der Waals surface area (Å²) >= 11 is 0. The van der Waals surface area contributed by atoms with Gasteiger partial charge in [0.05, 0.1) is 5.56 Å². The third kappa shape index (κ3) is 3.32. The van der Waals surface area contributed by atoms with E-state index in [9.17, 15) is 26.7 Å². The zero-order valence-corrected chi connectivity index (χ0v) is 12.7. The summed E-state index contributed by atoms with van der Waals surface area (Å²) in [5.41, 5.74) is -1.04. The van der Waals surface area contributed by atoms with Gasteiger partial charge in [-0.05, 0) is 42.9 Å². The van der Waals surface area contributed by atoms with Crippen LogP contribution in [0.15, 0.2) is 24.3 Å². The Balaban J connectivity index is 1.52. The van der Waals surface area contributed by atoms with Crippen LogP contribution in [0.2, 0.25) is 0 Å². The first-order chi connectivity index (χ1) is 11.2. The summed E-state index contributed by atoms with van der Waals surface area (Å²) in [5, 5.41) is 5.21. The highest BCUT2D eigenvalue weighted by Crippen LogP contribution is 2.57. The number of benzene rings is 1. The lowest BCUT2D eigenvalue weighted by molar-refractivity contribution is -0.137. The topological polar surface area (TPSA) is 41.1 Å². The fraction of sp³-hybridized carbons (Fsp3) is 0.562. The van der Waals surface area contributed by atoms with Gasteiger partial charge in [-0.2, -0.15) is 13.2 Å². The minimum atomic E-state index is -4.44. The second-order valence-electron chi connectivity index (χ2n) is 6.66. The molecule has 132 valence electrons. The van der Waals surface area contributed by atoms with Crippen LogP contribution in [-0.2, 0) is 12.7 Å². The summed E-state index contributed by atoms with van der Waals surface area (Å²) in [6.45, 7) is -0.0620. The molecular formula is C16H17F5N2O. The van der Waals surface area contributed by atoms with Crippen LogP contribution in [0.5, 0.6) is 0 Å². The van der Waals surface area contributed by atoms with Crippen LogP contribution < -0.4 is 10.6 Å². The Morgan fingerprint density at radius 1 is 1.25 bits per heavy atom. The van der Waals surface area contributed by atoms with Crippen LogP contribution in [0.1, 0.15) is 30.4 Å². The van der Waals surface area contributed by atoms with E-state index in [1.54, 1.807) is 0 Å². The molecule has 0 heterocycles. The molecule has 3 fully saturated rings. The normalized spacial score (nSPS) is 28.6. The molecule has 3 saturated carbocycles. The molecule has 4 rings (SSSR count). The lowest BCUT2D eigenvalue weighted by Crippen LogP contribution is -2.54. The Hall–Kier alpha value is -1.86. The van der Waals surface area contributed by atoms with Gasteiger partial charge in [0.25, 0.3) is 0 Å². The molecule has 3 aliphatic rings. The molecule has 2 bridgehead atoms. The van der Waals surface area contributed by atoms with Crippen molar-refractivity contribution < 1.29 is 26.7 Å². The molecule has 1 aromatic carbocycles. The number of rotatable bonds is 4. The maximum Gasteiger partial charge on any atom is 0.416 e. The third-order valence-electron chi connectivity index (χ3n) is 4.95. The number of fused-ring (bicyclic) bond motifs is 1. The first-order valence-corrected chi connectivity index (χ1v) is 7.69. The SMILES string of the molecule is O=C(NCc1cccc(C(F)(F)F)c1)NC12CC(C1)C(C(F)F)C2. The zero-order chi connectivity index (χ0) is 17.5. The molecule has 0 aliphatic heterocycles. The number of carbonyl (C=O) groups excluding carboxylic acids is 1. The average molecular weight is 348 g/mol. The summed E-state index contributed by atoms with van der Waals surface area (Å²) in [4.78, 5) is 11.9. The Labute approximate surface area is 135 Å². The molecule has 0 saturated heterocycles. The smallest absolute Gasteiger partial charge is 0.334 e. The molecular weight excluding hydrogens is 331 g/mol. The highest BCUT2D eigenvalue weighted by Gasteiger charge is 2.59. The zero-order valence-electron chi connectivity index (χ0n) is 12.7. The minimum absolute atomic E-state index is 0.0474. The van der Waals surface area contributed by atoms with Crippen LogP contribution in [0, 0.1) is 11.8 Å². The molecule has 0 spiro atoms. The van der Waals surface area contributed by atoms with Crippen molar-refractivity contribution in [2.24, 2.45) is 11.8 Å². The number of halogens is 5.